The Balaban J connectivity index is 0.000000260. The number of carbonyl (C=O) groups is 1. The Bertz CT molecular complexity index is 784. The van der Waals surface area contributed by atoms with E-state index < -0.39 is 42.2 Å². The lowest BCUT2D eigenvalue weighted by Crippen LogP contribution is -1.97. The number of alkyl halides is 4. The highest BCUT2D eigenvalue weighted by Crippen LogP contribution is 2.33. The normalized spacial score (nSPS) is 10.7. The van der Waals surface area contributed by atoms with Crippen molar-refractivity contribution in [3.63, 3.8) is 0 Å². The Morgan fingerprint density at radius 3 is 1.77 bits per heavy atom. The quantitative estimate of drug-likeness (QED) is 0.386. The van der Waals surface area contributed by atoms with Crippen molar-refractivity contribution in [3.05, 3.63) is 67.1 Å². The van der Waals surface area contributed by atoms with Crippen LogP contribution in [0.3, 0.4) is 0 Å². The van der Waals surface area contributed by atoms with E-state index >= 15 is 0 Å². The molecule has 0 amide bonds. The lowest BCUT2D eigenvalue weighted by Gasteiger charge is -2.08. The molecule has 0 unspecified atom stereocenters. The molecule has 10 heteroatoms. The van der Waals surface area contributed by atoms with Gasteiger partial charge in [-0.3, -0.25) is 4.79 Å². The van der Waals surface area contributed by atoms with Crippen LogP contribution in [0.4, 0.5) is 26.3 Å². The summed E-state index contributed by atoms with van der Waals surface area (Å²) in [5.41, 5.74) is -1.22. The summed E-state index contributed by atoms with van der Waals surface area (Å²) < 4.78 is 74.3. The number of carbonyl (C=O) groups excluding carboxylic acids is 1. The van der Waals surface area contributed by atoms with Gasteiger partial charge in [0.05, 0.1) is 17.7 Å². The van der Waals surface area contributed by atoms with Gasteiger partial charge in [-0.05, 0) is 55.6 Å². The number of aldehydes is 1. The molecular formula is C16H10Br2F6O2. The van der Waals surface area contributed by atoms with E-state index in [1.165, 1.54) is 6.07 Å². The van der Waals surface area contributed by atoms with Crippen molar-refractivity contribution in [3.8, 4) is 0 Å². The maximum absolute atomic E-state index is 12.8. The second kappa shape index (κ2) is 10.1. The van der Waals surface area contributed by atoms with Crippen molar-refractivity contribution >= 4 is 38.1 Å². The Hall–Kier alpha value is -1.39. The fraction of sp³-hybridized carbons (Fsp3) is 0.188. The second-order valence-corrected chi connectivity index (χ2v) is 6.26. The number of halogens is 8. The van der Waals surface area contributed by atoms with E-state index in [0.717, 1.165) is 18.2 Å². The summed E-state index contributed by atoms with van der Waals surface area (Å²) in [6, 6.07) is 4.15. The first-order valence-corrected chi connectivity index (χ1v) is 8.31. The summed E-state index contributed by atoms with van der Waals surface area (Å²) in [4.78, 5) is 10.3. The van der Waals surface area contributed by atoms with E-state index in [1.54, 1.807) is 0 Å². The summed E-state index contributed by atoms with van der Waals surface area (Å²) in [6.07, 6.45) is -5.44. The van der Waals surface area contributed by atoms with Crippen molar-refractivity contribution in [2.24, 2.45) is 0 Å². The number of aliphatic hydroxyl groups excluding tert-OH is 1. The van der Waals surface area contributed by atoms with Gasteiger partial charge in [0.1, 0.15) is 11.6 Å². The van der Waals surface area contributed by atoms with Gasteiger partial charge in [-0.1, -0.05) is 6.07 Å². The highest BCUT2D eigenvalue weighted by molar-refractivity contribution is 9.11. The minimum atomic E-state index is -2.94. The van der Waals surface area contributed by atoms with Crippen molar-refractivity contribution in [2.75, 3.05) is 0 Å². The number of aliphatic hydroxyl groups is 1. The first kappa shape index (κ1) is 22.7. The smallest absolute Gasteiger partial charge is 0.267 e. The molecule has 0 fully saturated rings. The molecule has 1 N–H and O–H groups in total. The molecule has 0 radical (unpaired) electrons. The third-order valence-corrected chi connectivity index (χ3v) is 4.92. The van der Waals surface area contributed by atoms with Crippen LogP contribution in [0.5, 0.6) is 0 Å². The van der Waals surface area contributed by atoms with Crippen LogP contribution in [0.15, 0.2) is 33.2 Å². The molecule has 2 aromatic rings. The Morgan fingerprint density at radius 2 is 1.35 bits per heavy atom. The van der Waals surface area contributed by atoms with Crippen LogP contribution in [-0.2, 0) is 6.61 Å². The topological polar surface area (TPSA) is 37.3 Å². The number of benzene rings is 2. The lowest BCUT2D eigenvalue weighted by atomic mass is 10.1. The summed E-state index contributed by atoms with van der Waals surface area (Å²) in [5.74, 6) is -1.99. The van der Waals surface area contributed by atoms with Gasteiger partial charge in [0, 0.05) is 14.5 Å². The minimum absolute atomic E-state index is 0.0108. The molecule has 0 aliphatic heterocycles. The van der Waals surface area contributed by atoms with E-state index in [-0.39, 0.29) is 20.1 Å². The zero-order valence-corrected chi connectivity index (χ0v) is 15.8. The highest BCUT2D eigenvalue weighted by Gasteiger charge is 2.20. The third kappa shape index (κ3) is 5.31. The van der Waals surface area contributed by atoms with Gasteiger partial charge in [-0.25, -0.2) is 26.3 Å². The SMILES string of the molecule is O=Cc1ccc(F)c(C(F)F)c1Br.OCc1ccc(F)c(C(F)F)c1Br. The van der Waals surface area contributed by atoms with Gasteiger partial charge in [0.25, 0.3) is 12.9 Å². The van der Waals surface area contributed by atoms with Crippen LogP contribution in [0, 0.1) is 11.6 Å². The van der Waals surface area contributed by atoms with Gasteiger partial charge in [-0.15, -0.1) is 0 Å². The molecule has 0 saturated heterocycles. The predicted molar refractivity (Wildman–Crippen MR) is 89.4 cm³/mol. The molecular weight excluding hydrogens is 498 g/mol. The maximum Gasteiger partial charge on any atom is 0.267 e. The highest BCUT2D eigenvalue weighted by atomic mass is 79.9. The molecule has 0 bridgehead atoms. The van der Waals surface area contributed by atoms with Gasteiger partial charge >= 0.3 is 0 Å². The van der Waals surface area contributed by atoms with Crippen molar-refractivity contribution < 1.29 is 36.2 Å². The summed E-state index contributed by atoms with van der Waals surface area (Å²) >= 11 is 5.55. The Kier molecular flexibility index (Phi) is 8.78. The van der Waals surface area contributed by atoms with Crippen LogP contribution < -0.4 is 0 Å². The molecule has 142 valence electrons. The lowest BCUT2D eigenvalue weighted by molar-refractivity contribution is 0.112. The third-order valence-electron chi connectivity index (χ3n) is 3.10. The summed E-state index contributed by atoms with van der Waals surface area (Å²) in [6.45, 7) is -0.402. The van der Waals surface area contributed by atoms with Crippen molar-refractivity contribution in [1.29, 1.82) is 0 Å². The van der Waals surface area contributed by atoms with E-state index in [9.17, 15) is 31.1 Å². The average molecular weight is 508 g/mol. The molecule has 0 aliphatic carbocycles. The summed E-state index contributed by atoms with van der Waals surface area (Å²) in [7, 11) is 0. The van der Waals surface area contributed by atoms with E-state index in [2.05, 4.69) is 31.9 Å². The molecule has 0 saturated carbocycles. The van der Waals surface area contributed by atoms with Gasteiger partial charge in [0.15, 0.2) is 6.29 Å². The monoisotopic (exact) mass is 506 g/mol. The fourth-order valence-electron chi connectivity index (χ4n) is 1.81. The molecule has 0 spiro atoms. The Morgan fingerprint density at radius 1 is 0.885 bits per heavy atom. The number of rotatable bonds is 4. The van der Waals surface area contributed by atoms with E-state index in [1.807, 2.05) is 0 Å². The van der Waals surface area contributed by atoms with E-state index in [0.29, 0.717) is 6.29 Å². The van der Waals surface area contributed by atoms with E-state index in [4.69, 9.17) is 5.11 Å². The second-order valence-electron chi connectivity index (χ2n) is 4.68. The minimum Gasteiger partial charge on any atom is -0.392 e. The Labute approximate surface area is 161 Å². The van der Waals surface area contributed by atoms with Crippen molar-refractivity contribution in [2.45, 2.75) is 19.5 Å². The zero-order chi connectivity index (χ0) is 20.0. The van der Waals surface area contributed by atoms with Gasteiger partial charge < -0.3 is 5.11 Å². The predicted octanol–water partition coefficient (Wildman–Crippen LogP) is 6.36. The number of hydrogen-bond acceptors (Lipinski definition) is 2. The summed E-state index contributed by atoms with van der Waals surface area (Å²) in [5, 5.41) is 8.72. The van der Waals surface area contributed by atoms with Crippen LogP contribution >= 0.6 is 31.9 Å². The largest absolute Gasteiger partial charge is 0.392 e. The average Bonchev–Trinajstić information content (AvgIpc) is 2.55. The molecule has 2 nitrogen and oxygen atoms in total. The van der Waals surface area contributed by atoms with Crippen LogP contribution in [0.1, 0.15) is 39.9 Å². The standard InChI is InChI=1S/C8H6BrF3O.C8H4BrF3O/c2*9-7-4(3-13)1-2-5(10)6(7)8(11)12/h1-2,8,13H,3H2;1-3,8H. The zero-order valence-electron chi connectivity index (χ0n) is 12.6. The molecule has 26 heavy (non-hydrogen) atoms. The van der Waals surface area contributed by atoms with Gasteiger partial charge in [0.2, 0.25) is 0 Å². The molecule has 2 aromatic carbocycles. The molecule has 0 aliphatic rings. The molecule has 0 heterocycles. The van der Waals surface area contributed by atoms with Crippen LogP contribution in [-0.4, -0.2) is 11.4 Å². The van der Waals surface area contributed by atoms with Crippen LogP contribution in [0.2, 0.25) is 0 Å². The maximum atomic E-state index is 12.8. The van der Waals surface area contributed by atoms with Crippen LogP contribution in [0.25, 0.3) is 0 Å². The molecule has 0 aromatic heterocycles. The first-order valence-electron chi connectivity index (χ1n) is 6.72. The first-order chi connectivity index (χ1) is 12.1. The molecule has 2 rings (SSSR count). The molecule has 0 atom stereocenters. The number of hydrogen-bond donors (Lipinski definition) is 1. The van der Waals surface area contributed by atoms with Gasteiger partial charge in [-0.2, -0.15) is 0 Å². The fourth-order valence-corrected chi connectivity index (χ4v) is 3.02. The van der Waals surface area contributed by atoms with Crippen molar-refractivity contribution in [1.82, 2.24) is 0 Å².